The summed E-state index contributed by atoms with van der Waals surface area (Å²) in [5.74, 6) is -0.670. The number of aliphatic hydroxyl groups excluding tert-OH is 1. The molecule has 2 aromatic carbocycles. The minimum atomic E-state index is -4.55. The molecule has 20 heavy (non-hydrogen) atoms. The van der Waals surface area contributed by atoms with Crippen molar-refractivity contribution in [3.05, 3.63) is 69.4 Å². The van der Waals surface area contributed by atoms with Gasteiger partial charge in [0.15, 0.2) is 0 Å². The van der Waals surface area contributed by atoms with E-state index in [1.165, 1.54) is 30.3 Å². The van der Waals surface area contributed by atoms with Gasteiger partial charge in [0.1, 0.15) is 11.9 Å². The van der Waals surface area contributed by atoms with Crippen LogP contribution in [-0.4, -0.2) is 5.11 Å². The Morgan fingerprint density at radius 2 is 1.70 bits per heavy atom. The number of alkyl halides is 3. The highest BCUT2D eigenvalue weighted by Gasteiger charge is 2.33. The first-order valence-electron chi connectivity index (χ1n) is 5.60. The number of hydrogen-bond donors (Lipinski definition) is 1. The van der Waals surface area contributed by atoms with Gasteiger partial charge in [-0.3, -0.25) is 0 Å². The summed E-state index contributed by atoms with van der Waals surface area (Å²) in [6.45, 7) is 0. The summed E-state index contributed by atoms with van der Waals surface area (Å²) in [5, 5.41) is 10.0. The van der Waals surface area contributed by atoms with E-state index in [1.807, 2.05) is 0 Å². The third-order valence-electron chi connectivity index (χ3n) is 2.81. The minimum Gasteiger partial charge on any atom is -0.384 e. The molecule has 106 valence electrons. The summed E-state index contributed by atoms with van der Waals surface area (Å²) in [6, 6.07) is 8.72. The second-order valence-electron chi connectivity index (χ2n) is 4.16. The molecule has 0 saturated carbocycles. The van der Waals surface area contributed by atoms with Gasteiger partial charge in [-0.25, -0.2) is 4.39 Å². The molecule has 0 bridgehead atoms. The molecular formula is C14H9BrF4O. The number of hydrogen-bond acceptors (Lipinski definition) is 1. The van der Waals surface area contributed by atoms with Gasteiger partial charge in [0.2, 0.25) is 0 Å². The maximum atomic E-state index is 13.5. The molecule has 1 nitrogen and oxygen atoms in total. The first kappa shape index (κ1) is 15.0. The maximum Gasteiger partial charge on any atom is 0.417 e. The maximum absolute atomic E-state index is 13.5. The van der Waals surface area contributed by atoms with E-state index in [4.69, 9.17) is 0 Å². The molecule has 2 aromatic rings. The van der Waals surface area contributed by atoms with Crippen LogP contribution in [0.3, 0.4) is 0 Å². The fraction of sp³-hybridized carbons (Fsp3) is 0.143. The number of halogens is 5. The lowest BCUT2D eigenvalue weighted by Gasteiger charge is -2.16. The molecular weight excluding hydrogens is 340 g/mol. The lowest BCUT2D eigenvalue weighted by atomic mass is 9.99. The second-order valence-corrected chi connectivity index (χ2v) is 5.02. The first-order valence-corrected chi connectivity index (χ1v) is 6.39. The Morgan fingerprint density at radius 3 is 2.30 bits per heavy atom. The van der Waals surface area contributed by atoms with Gasteiger partial charge in [-0.05, 0) is 23.8 Å². The highest BCUT2D eigenvalue weighted by molar-refractivity contribution is 9.10. The van der Waals surface area contributed by atoms with Gasteiger partial charge in [-0.1, -0.05) is 40.2 Å². The normalized spacial score (nSPS) is 13.3. The Bertz CT molecular complexity index is 625. The van der Waals surface area contributed by atoms with Crippen molar-refractivity contribution < 1.29 is 22.7 Å². The molecule has 2 rings (SSSR count). The van der Waals surface area contributed by atoms with E-state index in [2.05, 4.69) is 15.9 Å². The topological polar surface area (TPSA) is 20.2 Å². The zero-order valence-electron chi connectivity index (χ0n) is 9.96. The third kappa shape index (κ3) is 3.02. The van der Waals surface area contributed by atoms with Crippen molar-refractivity contribution in [3.8, 4) is 0 Å². The summed E-state index contributed by atoms with van der Waals surface area (Å²) in [6.07, 6.45) is -6.01. The molecule has 0 radical (unpaired) electrons. The van der Waals surface area contributed by atoms with Gasteiger partial charge < -0.3 is 5.11 Å². The number of aliphatic hydroxyl groups is 1. The van der Waals surface area contributed by atoms with Crippen LogP contribution >= 0.6 is 15.9 Å². The van der Waals surface area contributed by atoms with Crippen molar-refractivity contribution in [1.82, 2.24) is 0 Å². The van der Waals surface area contributed by atoms with Crippen LogP contribution in [0.15, 0.2) is 46.9 Å². The van der Waals surface area contributed by atoms with E-state index in [9.17, 15) is 22.7 Å². The van der Waals surface area contributed by atoms with Crippen LogP contribution in [0.5, 0.6) is 0 Å². The van der Waals surface area contributed by atoms with E-state index in [0.29, 0.717) is 0 Å². The molecule has 0 aromatic heterocycles. The number of benzene rings is 2. The highest BCUT2D eigenvalue weighted by atomic mass is 79.9. The molecule has 1 atom stereocenters. The van der Waals surface area contributed by atoms with E-state index < -0.39 is 23.7 Å². The zero-order chi connectivity index (χ0) is 14.9. The van der Waals surface area contributed by atoms with Crippen molar-refractivity contribution in [2.75, 3.05) is 0 Å². The standard InChI is InChI=1S/C14H9BrF4O/c15-11-6-5-8(7-10(11)14(17,18)19)13(20)9-3-1-2-4-12(9)16/h1-7,13,20H. The Balaban J connectivity index is 2.46. The van der Waals surface area contributed by atoms with Crippen molar-refractivity contribution in [3.63, 3.8) is 0 Å². The van der Waals surface area contributed by atoms with Gasteiger partial charge in [0, 0.05) is 10.0 Å². The predicted octanol–water partition coefficient (Wildman–Crippen LogP) is 4.69. The largest absolute Gasteiger partial charge is 0.417 e. The molecule has 0 aliphatic carbocycles. The van der Waals surface area contributed by atoms with E-state index in [1.54, 1.807) is 0 Å². The average molecular weight is 349 g/mol. The third-order valence-corrected chi connectivity index (χ3v) is 3.50. The molecule has 0 saturated heterocycles. The van der Waals surface area contributed by atoms with Crippen molar-refractivity contribution >= 4 is 15.9 Å². The smallest absolute Gasteiger partial charge is 0.384 e. The second kappa shape index (κ2) is 5.54. The Hall–Kier alpha value is -1.40. The molecule has 0 aliphatic rings. The van der Waals surface area contributed by atoms with Crippen molar-refractivity contribution in [1.29, 1.82) is 0 Å². The minimum absolute atomic E-state index is 0.0226. The van der Waals surface area contributed by atoms with E-state index >= 15 is 0 Å². The van der Waals surface area contributed by atoms with Crippen LogP contribution in [0.25, 0.3) is 0 Å². The average Bonchev–Trinajstić information content (AvgIpc) is 2.37. The Labute approximate surface area is 121 Å². The molecule has 0 spiro atoms. The highest BCUT2D eigenvalue weighted by Crippen LogP contribution is 2.37. The van der Waals surface area contributed by atoms with Crippen LogP contribution in [0, 0.1) is 5.82 Å². The van der Waals surface area contributed by atoms with Crippen LogP contribution in [0.1, 0.15) is 22.8 Å². The van der Waals surface area contributed by atoms with Crippen LogP contribution in [0.2, 0.25) is 0 Å². The van der Waals surface area contributed by atoms with Gasteiger partial charge in [0.25, 0.3) is 0 Å². The van der Waals surface area contributed by atoms with Crippen LogP contribution in [-0.2, 0) is 6.18 Å². The summed E-state index contributed by atoms with van der Waals surface area (Å²) in [4.78, 5) is 0. The number of rotatable bonds is 2. The SMILES string of the molecule is OC(c1ccc(Br)c(C(F)(F)F)c1)c1ccccc1F. The van der Waals surface area contributed by atoms with Gasteiger partial charge >= 0.3 is 6.18 Å². The van der Waals surface area contributed by atoms with Gasteiger partial charge in [-0.2, -0.15) is 13.2 Å². The molecule has 6 heteroatoms. The predicted molar refractivity (Wildman–Crippen MR) is 69.6 cm³/mol. The summed E-state index contributed by atoms with van der Waals surface area (Å²) >= 11 is 2.81. The zero-order valence-corrected chi connectivity index (χ0v) is 11.5. The van der Waals surface area contributed by atoms with E-state index in [-0.39, 0.29) is 15.6 Å². The molecule has 0 heterocycles. The quantitative estimate of drug-likeness (QED) is 0.780. The lowest BCUT2D eigenvalue weighted by molar-refractivity contribution is -0.138. The Kier molecular flexibility index (Phi) is 4.15. The Morgan fingerprint density at radius 1 is 1.05 bits per heavy atom. The van der Waals surface area contributed by atoms with Gasteiger partial charge in [-0.15, -0.1) is 0 Å². The molecule has 1 N–H and O–H groups in total. The molecule has 1 unspecified atom stereocenters. The van der Waals surface area contributed by atoms with Gasteiger partial charge in [0.05, 0.1) is 5.56 Å². The molecule has 0 fully saturated rings. The lowest BCUT2D eigenvalue weighted by Crippen LogP contribution is -2.09. The van der Waals surface area contributed by atoms with Crippen molar-refractivity contribution in [2.24, 2.45) is 0 Å². The van der Waals surface area contributed by atoms with Crippen LogP contribution in [0.4, 0.5) is 17.6 Å². The van der Waals surface area contributed by atoms with Crippen molar-refractivity contribution in [2.45, 2.75) is 12.3 Å². The summed E-state index contributed by atoms with van der Waals surface area (Å²) in [5.41, 5.74) is -1.00. The fourth-order valence-corrected chi connectivity index (χ4v) is 2.28. The monoisotopic (exact) mass is 348 g/mol. The summed E-state index contributed by atoms with van der Waals surface area (Å²) < 4.78 is 51.8. The molecule has 0 amide bonds. The van der Waals surface area contributed by atoms with E-state index in [0.717, 1.165) is 12.1 Å². The summed E-state index contributed by atoms with van der Waals surface area (Å²) in [7, 11) is 0. The fourth-order valence-electron chi connectivity index (χ4n) is 1.81. The molecule has 0 aliphatic heterocycles. The first-order chi connectivity index (χ1) is 9.30. The van der Waals surface area contributed by atoms with Crippen LogP contribution < -0.4 is 0 Å².